The predicted molar refractivity (Wildman–Crippen MR) is 407 cm³/mol. The molecule has 9 aliphatic heterocycles. The van der Waals surface area contributed by atoms with Crippen LogP contribution < -0.4 is 16.8 Å². The lowest BCUT2D eigenvalue weighted by Crippen LogP contribution is -2.71. The number of aliphatic hydroxyl groups excluding tert-OH is 27. The average molecular weight is 2070 g/mol. The first kappa shape index (κ1) is 116. The van der Waals surface area contributed by atoms with Gasteiger partial charge < -0.3 is 270 Å². The second-order valence-corrected chi connectivity index (χ2v) is 37.5. The van der Waals surface area contributed by atoms with E-state index in [1.165, 1.54) is 0 Å². The summed E-state index contributed by atoms with van der Waals surface area (Å²) in [7, 11) is -23.5. The maximum absolute atomic E-state index is 13.8. The number of carbonyl (C=O) groups excluding carboxylic acids is 1. The molecular weight excluding hydrogens is 1950 g/mol. The van der Waals surface area contributed by atoms with Gasteiger partial charge in [0.15, 0.2) is 50.3 Å². The second kappa shape index (κ2) is 49.6. The van der Waals surface area contributed by atoms with Crippen molar-refractivity contribution in [2.45, 2.75) is 307 Å². The van der Waals surface area contributed by atoms with Crippen molar-refractivity contribution in [3.05, 3.63) is 0 Å². The molecule has 66 nitrogen and oxygen atoms in total. The molecule has 0 aromatic carbocycles. The SMILES string of the molecule is CC(=O)N[C@H]1[C@H](O[C@@H]2[C@H](O)[C@@H](O)[C@@H](O[C@@H]3[C@H](O)[C@@H](O)[C@H](O[C@H]4[C@H](O)[C@@H](O)[C@H](O[C@@H]5[C@@H](O[C@@H]6[C@@H](O[C@@H]7[C@H](O)[C@@H](O[C@H]8[C@@H]([C@H](O)CO)O[C@@](O)(C(=O)O)C[C@H]8OP(=O)(O)OP(=O)(O)OCCN)O[C@H]([C@@H](O)CO)[C@H]7O[C@@H]7O[C@H](COP(=O)(O)O)[C@@H](O)[C@H](O)[C@H]7O)O[C@H]([C@H](CO)OP(=O)(O)OCCN)[C@@H](O)[C@@H]6O)O[C@H]([C@@H](O)CO)[C@@H](O)[C@@H]5O)O[C@@H]4CO)O[C@@H]3CO)O[C@@H]2CO)O[C@H](CO)[C@H](O)[C@@H]1O. The number of phosphoric acid groups is 4. The quantitative estimate of drug-likeness (QED) is 0.0252. The van der Waals surface area contributed by atoms with Crippen molar-refractivity contribution in [1.29, 1.82) is 0 Å². The summed E-state index contributed by atoms with van der Waals surface area (Å²) in [6.07, 6.45) is -118. The topological polar surface area (TPSA) is 1070 Å². The van der Waals surface area contributed by atoms with Gasteiger partial charge in [-0.3, -0.25) is 27.4 Å². The molecule has 9 rings (SSSR count). The van der Waals surface area contributed by atoms with Gasteiger partial charge in [-0.25, -0.2) is 23.1 Å². The number of nitrogens with one attached hydrogen (secondary N) is 1. The Labute approximate surface area is 758 Å². The standard InChI is InChI=1S/C65H117N3O63P4/c1-16(77)68-27-30(83)28(81)21(10-72)112-56(27)119-47-22(11-73)113-58(40(93)36(47)89)120-48-23(12-74)114-59(41(94)37(48)90)121-49-24(13-75)115-60(42(95)38(49)91)125-53-34(87)32(85)44(17(78)7-69)117-62(53)126-54-35(88)33(86)50(25(14-76)130-133(103,104)109-4-2-66)122-63(54)124-52-43(96)61(118-45(18(79)8-70)55(52)127-57-39(92)31(84)29(82)26(116-57)15-111-132(100,101)102)123-51-20(129-135(107,108)131-134(105,106)110-5-3-67)6-65(99,64(97)98)128-46(51)19(80)9-71/h17-63,69-76,78-96,99H,2-15,66-67H2,1H3,(H,68,77)(H,97,98)(H,103,104)(H,105,106)(H,107,108)(H2,100,101,102)/t17-,18-,19+,20+,21+,22+,23+,24+,25-,26+,27+,28-,29+,30+,31-,32-,33-,34-,35-,36+,37+,38+,39+,40+,41+,42+,43-,44+,45+,46+,47-,48-,49+,50+,51+,52+,53-,54-,55+,56-,57-,58+,59-,60-,61+,62+,63+,65+/m0/s1. The molecule has 0 aromatic heterocycles. The van der Waals surface area contributed by atoms with Crippen molar-refractivity contribution >= 4 is 43.2 Å². The van der Waals surface area contributed by atoms with Crippen LogP contribution in [0.3, 0.4) is 0 Å². The van der Waals surface area contributed by atoms with Crippen LogP contribution in [-0.2, 0) is 135 Å². The molecule has 135 heavy (non-hydrogen) atoms. The smallest absolute Gasteiger partial charge is 0.477 e. The van der Waals surface area contributed by atoms with Crippen LogP contribution in [-0.4, -0.2) is 564 Å². The Morgan fingerprint density at radius 3 is 1.21 bits per heavy atom. The van der Waals surface area contributed by atoms with Crippen molar-refractivity contribution in [3.8, 4) is 0 Å². The lowest BCUT2D eigenvalue weighted by molar-refractivity contribution is -0.421. The molecule has 0 bridgehead atoms. The molecule has 9 fully saturated rings. The highest BCUT2D eigenvalue weighted by Gasteiger charge is 2.65. The van der Waals surface area contributed by atoms with Gasteiger partial charge in [0.25, 0.3) is 5.79 Å². The van der Waals surface area contributed by atoms with Crippen molar-refractivity contribution in [3.63, 3.8) is 0 Å². The van der Waals surface area contributed by atoms with Gasteiger partial charge in [-0.2, -0.15) is 4.31 Å². The Morgan fingerprint density at radius 1 is 0.385 bits per heavy atom. The third kappa shape index (κ3) is 27.8. The Bertz CT molecular complexity index is 3870. The first-order valence-corrected chi connectivity index (χ1v) is 46.8. The number of phosphoric ester groups is 4. The van der Waals surface area contributed by atoms with E-state index in [2.05, 4.69) is 18.7 Å². The number of nitrogens with two attached hydrogens (primary N) is 2. The zero-order valence-electron chi connectivity index (χ0n) is 70.0. The maximum atomic E-state index is 13.8. The molecule has 0 radical (unpaired) electrons. The lowest BCUT2D eigenvalue weighted by Gasteiger charge is -2.52. The molecule has 9 heterocycles. The fraction of sp³-hybridized carbons (Fsp3) is 0.969. The Hall–Kier alpha value is -2.46. The Balaban J connectivity index is 1.07. The average Bonchev–Trinajstić information content (AvgIpc) is 0.749. The van der Waals surface area contributed by atoms with Crippen LogP contribution in [0.1, 0.15) is 13.3 Å². The van der Waals surface area contributed by atoms with E-state index in [1.807, 2.05) is 0 Å². The summed E-state index contributed by atoms with van der Waals surface area (Å²) < 4.78 is 179. The van der Waals surface area contributed by atoms with Crippen LogP contribution in [0.25, 0.3) is 0 Å². The summed E-state index contributed by atoms with van der Waals surface area (Å²) in [6, 6.07) is -1.64. The molecule has 0 saturated carbocycles. The highest BCUT2D eigenvalue weighted by molar-refractivity contribution is 7.61. The molecular formula is C65H117N3O63P4. The molecule has 9 saturated heterocycles. The molecule has 9 aliphatic rings. The van der Waals surface area contributed by atoms with Gasteiger partial charge in [-0.1, -0.05) is 0 Å². The van der Waals surface area contributed by atoms with E-state index in [0.717, 1.165) is 6.92 Å². The monoisotopic (exact) mass is 2070 g/mol. The molecule has 790 valence electrons. The van der Waals surface area contributed by atoms with Crippen LogP contribution in [0.5, 0.6) is 0 Å². The van der Waals surface area contributed by atoms with E-state index >= 15 is 0 Å². The third-order valence-electron chi connectivity index (χ3n) is 22.4. The fourth-order valence-corrected chi connectivity index (χ4v) is 19.2. The summed E-state index contributed by atoms with van der Waals surface area (Å²) in [5, 5.41) is 329. The van der Waals surface area contributed by atoms with Gasteiger partial charge in [0, 0.05) is 26.4 Å². The van der Waals surface area contributed by atoms with Crippen LogP contribution in [0.4, 0.5) is 0 Å². The Morgan fingerprint density at radius 2 is 0.756 bits per heavy atom. The van der Waals surface area contributed by atoms with E-state index in [9.17, 15) is 200 Å². The van der Waals surface area contributed by atoms with Gasteiger partial charge in [-0.05, 0) is 0 Å². The summed E-state index contributed by atoms with van der Waals surface area (Å²) in [6.45, 7) is -14.4. The highest BCUT2D eigenvalue weighted by Crippen LogP contribution is 2.62. The number of carboxylic acid groups (broad SMARTS) is 1. The fourth-order valence-electron chi connectivity index (χ4n) is 15.6. The number of amides is 1. The number of carbonyl (C=O) groups is 2. The molecule has 39 N–H and O–H groups in total. The zero-order valence-corrected chi connectivity index (χ0v) is 73.6. The summed E-state index contributed by atoms with van der Waals surface area (Å²) in [4.78, 5) is 76.2. The number of hydrogen-bond donors (Lipinski definition) is 37. The molecule has 0 aliphatic carbocycles. The van der Waals surface area contributed by atoms with Crippen molar-refractivity contribution < 1.29 is 308 Å². The van der Waals surface area contributed by atoms with Gasteiger partial charge in [-0.15, -0.1) is 0 Å². The number of aliphatic carboxylic acids is 1. The normalized spacial score (nSPS) is 45.3. The molecule has 0 aromatic rings. The molecule has 1 amide bonds. The lowest BCUT2D eigenvalue weighted by atomic mass is 9.91. The number of ether oxygens (including phenoxy) is 17. The number of hydrogen-bond acceptors (Lipinski definition) is 59. The zero-order chi connectivity index (χ0) is 101. The first-order valence-electron chi connectivity index (χ1n) is 40.8. The van der Waals surface area contributed by atoms with Gasteiger partial charge in [0.05, 0.1) is 72.7 Å². The van der Waals surface area contributed by atoms with Crippen molar-refractivity contribution in [1.82, 2.24) is 5.32 Å². The predicted octanol–water partition coefficient (Wildman–Crippen LogP) is -22.1. The molecule has 3 unspecified atom stereocenters. The maximum Gasteiger partial charge on any atom is 0.481 e. The van der Waals surface area contributed by atoms with Crippen LogP contribution in [0.2, 0.25) is 0 Å². The van der Waals surface area contributed by atoms with Crippen LogP contribution >= 0.6 is 31.3 Å². The van der Waals surface area contributed by atoms with Gasteiger partial charge >= 0.3 is 37.3 Å². The van der Waals surface area contributed by atoms with E-state index in [4.69, 9.17) is 106 Å². The van der Waals surface area contributed by atoms with Gasteiger partial charge in [0.2, 0.25) is 5.91 Å². The van der Waals surface area contributed by atoms with E-state index in [-0.39, 0.29) is 0 Å². The third-order valence-corrected chi connectivity index (χ3v) is 26.6. The van der Waals surface area contributed by atoms with Crippen LogP contribution in [0.15, 0.2) is 0 Å². The van der Waals surface area contributed by atoms with E-state index < -0.39 is 429 Å². The van der Waals surface area contributed by atoms with Gasteiger partial charge in [0.1, 0.15) is 238 Å². The largest absolute Gasteiger partial charge is 0.481 e. The molecule has 51 atom stereocenters. The summed E-state index contributed by atoms with van der Waals surface area (Å²) in [5.74, 6) is -7.08. The minimum Gasteiger partial charge on any atom is -0.477 e. The van der Waals surface area contributed by atoms with Crippen molar-refractivity contribution in [2.24, 2.45) is 11.5 Å². The summed E-state index contributed by atoms with van der Waals surface area (Å²) >= 11 is 0. The van der Waals surface area contributed by atoms with Crippen LogP contribution in [0, 0.1) is 0 Å². The number of rotatable bonds is 45. The second-order valence-electron chi connectivity index (χ2n) is 31.8. The molecule has 0 spiro atoms. The number of aliphatic hydroxyl groups is 28. The summed E-state index contributed by atoms with van der Waals surface area (Å²) in [5.41, 5.74) is 10.7. The van der Waals surface area contributed by atoms with E-state index in [0.29, 0.717) is 0 Å². The van der Waals surface area contributed by atoms with E-state index in [1.54, 1.807) is 0 Å². The first-order chi connectivity index (χ1) is 63.2. The Kier molecular flexibility index (Phi) is 42.7. The minimum absolute atomic E-state index is 0.537. The number of carboxylic acids is 1. The van der Waals surface area contributed by atoms with Crippen molar-refractivity contribution in [2.75, 3.05) is 85.8 Å². The minimum atomic E-state index is -6.41. The highest BCUT2D eigenvalue weighted by atomic mass is 31.3. The molecule has 70 heteroatoms.